The monoisotopic (exact) mass is 273 g/mol. The third-order valence-corrected chi connectivity index (χ3v) is 5.04. The summed E-state index contributed by atoms with van der Waals surface area (Å²) >= 11 is 0. The molecule has 3 heteroatoms. The summed E-state index contributed by atoms with van der Waals surface area (Å²) in [6, 6.07) is 10.3. The Morgan fingerprint density at radius 3 is 2.60 bits per heavy atom. The van der Waals surface area contributed by atoms with Gasteiger partial charge in [-0.1, -0.05) is 18.2 Å². The smallest absolute Gasteiger partial charge is 0.0373 e. The normalized spacial score (nSPS) is 25.1. The Hall–Kier alpha value is -1.06. The van der Waals surface area contributed by atoms with Gasteiger partial charge in [-0.15, -0.1) is 0 Å². The molecular weight excluding hydrogens is 246 g/mol. The summed E-state index contributed by atoms with van der Waals surface area (Å²) in [7, 11) is 4.42. The molecule has 0 radical (unpaired) electrons. The number of benzene rings is 1. The number of fused-ring (bicyclic) bond motifs is 1. The average Bonchev–Trinajstić information content (AvgIpc) is 2.70. The van der Waals surface area contributed by atoms with Gasteiger partial charge in [-0.25, -0.2) is 0 Å². The Kier molecular flexibility index (Phi) is 4.27. The van der Waals surface area contributed by atoms with Crippen molar-refractivity contribution in [3.8, 4) is 0 Å². The van der Waals surface area contributed by atoms with Gasteiger partial charge in [-0.2, -0.15) is 0 Å². The van der Waals surface area contributed by atoms with Crippen molar-refractivity contribution < 1.29 is 0 Å². The molecule has 0 spiro atoms. The van der Waals surface area contributed by atoms with Crippen LogP contribution in [0.4, 0.5) is 5.69 Å². The quantitative estimate of drug-likeness (QED) is 0.893. The molecule has 0 bridgehead atoms. The Labute approximate surface area is 123 Å². The second-order valence-corrected chi connectivity index (χ2v) is 6.46. The minimum absolute atomic E-state index is 0.700. The van der Waals surface area contributed by atoms with Crippen LogP contribution >= 0.6 is 0 Å². The van der Waals surface area contributed by atoms with Crippen molar-refractivity contribution in [2.24, 2.45) is 0 Å². The molecule has 20 heavy (non-hydrogen) atoms. The molecule has 1 unspecified atom stereocenters. The third-order valence-electron chi connectivity index (χ3n) is 5.04. The molecule has 2 aliphatic heterocycles. The van der Waals surface area contributed by atoms with E-state index in [2.05, 4.69) is 53.5 Å². The molecule has 1 aromatic carbocycles. The molecule has 0 aromatic heterocycles. The summed E-state index contributed by atoms with van der Waals surface area (Å²) in [4.78, 5) is 5.09. The fraction of sp³-hybridized carbons (Fsp3) is 0.647. The molecule has 2 aliphatic rings. The van der Waals surface area contributed by atoms with Crippen molar-refractivity contribution in [3.05, 3.63) is 29.8 Å². The standard InChI is InChI=1S/C17H27N3/c1-19(2)15-9-11-20(12-10-15)16-8-7-14-5-3-4-6-17(14)18-13-16/h3-6,15-16,18H,7-13H2,1-2H3. The van der Waals surface area contributed by atoms with Crippen LogP contribution in [0, 0.1) is 0 Å². The van der Waals surface area contributed by atoms with E-state index in [1.165, 1.54) is 50.0 Å². The Bertz CT molecular complexity index is 409. The lowest BCUT2D eigenvalue weighted by Crippen LogP contribution is -2.48. The molecule has 1 aromatic rings. The topological polar surface area (TPSA) is 18.5 Å². The zero-order chi connectivity index (χ0) is 13.9. The van der Waals surface area contributed by atoms with Crippen molar-refractivity contribution in [1.29, 1.82) is 0 Å². The van der Waals surface area contributed by atoms with Gasteiger partial charge in [0.05, 0.1) is 0 Å². The Balaban J connectivity index is 1.58. The van der Waals surface area contributed by atoms with E-state index in [1.54, 1.807) is 0 Å². The number of hydrogen-bond donors (Lipinski definition) is 1. The van der Waals surface area contributed by atoms with E-state index < -0.39 is 0 Å². The highest BCUT2D eigenvalue weighted by atomic mass is 15.2. The number of aryl methyl sites for hydroxylation is 1. The van der Waals surface area contributed by atoms with Gasteiger partial charge in [-0.05, 0) is 64.5 Å². The van der Waals surface area contributed by atoms with Gasteiger partial charge in [0.1, 0.15) is 0 Å². The van der Waals surface area contributed by atoms with Crippen LogP contribution in [0.3, 0.4) is 0 Å². The predicted octanol–water partition coefficient (Wildman–Crippen LogP) is 2.44. The number of hydrogen-bond acceptors (Lipinski definition) is 3. The molecule has 2 heterocycles. The first-order chi connectivity index (χ1) is 9.74. The van der Waals surface area contributed by atoms with E-state index in [4.69, 9.17) is 0 Å². The van der Waals surface area contributed by atoms with E-state index >= 15 is 0 Å². The predicted molar refractivity (Wildman–Crippen MR) is 85.3 cm³/mol. The molecule has 1 N–H and O–H groups in total. The lowest BCUT2D eigenvalue weighted by molar-refractivity contribution is 0.109. The summed E-state index contributed by atoms with van der Waals surface area (Å²) in [6.45, 7) is 3.61. The third kappa shape index (κ3) is 2.99. The number of nitrogens with zero attached hydrogens (tertiary/aromatic N) is 2. The number of anilines is 1. The van der Waals surface area contributed by atoms with Crippen LogP contribution in [0.2, 0.25) is 0 Å². The minimum atomic E-state index is 0.700. The van der Waals surface area contributed by atoms with Gasteiger partial charge in [0.15, 0.2) is 0 Å². The first-order valence-corrected chi connectivity index (χ1v) is 7.96. The van der Waals surface area contributed by atoms with Crippen LogP contribution in [0.15, 0.2) is 24.3 Å². The van der Waals surface area contributed by atoms with Gasteiger partial charge in [-0.3, -0.25) is 4.90 Å². The van der Waals surface area contributed by atoms with Gasteiger partial charge < -0.3 is 10.2 Å². The summed E-state index contributed by atoms with van der Waals surface area (Å²) in [5.74, 6) is 0. The lowest BCUT2D eigenvalue weighted by Gasteiger charge is -2.39. The van der Waals surface area contributed by atoms with Crippen molar-refractivity contribution >= 4 is 5.69 Å². The van der Waals surface area contributed by atoms with Crippen molar-refractivity contribution in [2.75, 3.05) is 39.0 Å². The van der Waals surface area contributed by atoms with Crippen molar-refractivity contribution in [3.63, 3.8) is 0 Å². The maximum atomic E-state index is 3.65. The number of nitrogens with one attached hydrogen (secondary N) is 1. The summed E-state index contributed by atoms with van der Waals surface area (Å²) < 4.78 is 0. The number of piperidine rings is 1. The van der Waals surface area contributed by atoms with Crippen molar-refractivity contribution in [2.45, 2.75) is 37.8 Å². The van der Waals surface area contributed by atoms with Crippen LogP contribution in [-0.4, -0.2) is 55.6 Å². The van der Waals surface area contributed by atoms with E-state index in [-0.39, 0.29) is 0 Å². The van der Waals surface area contributed by atoms with Crippen LogP contribution in [-0.2, 0) is 6.42 Å². The zero-order valence-electron chi connectivity index (χ0n) is 12.8. The fourth-order valence-electron chi connectivity index (χ4n) is 3.64. The average molecular weight is 273 g/mol. The van der Waals surface area contributed by atoms with E-state index in [9.17, 15) is 0 Å². The Morgan fingerprint density at radius 2 is 1.85 bits per heavy atom. The fourth-order valence-corrected chi connectivity index (χ4v) is 3.64. The number of likely N-dealkylation sites (tertiary alicyclic amines) is 1. The van der Waals surface area contributed by atoms with E-state index in [0.717, 1.165) is 12.6 Å². The van der Waals surface area contributed by atoms with Gasteiger partial charge in [0, 0.05) is 24.3 Å². The maximum absolute atomic E-state index is 3.65. The lowest BCUT2D eigenvalue weighted by atomic mass is 9.99. The molecule has 0 saturated carbocycles. The van der Waals surface area contributed by atoms with Crippen LogP contribution in [0.1, 0.15) is 24.8 Å². The summed E-state index contributed by atoms with van der Waals surface area (Å²) in [6.07, 6.45) is 5.13. The molecule has 1 saturated heterocycles. The van der Waals surface area contributed by atoms with Crippen LogP contribution < -0.4 is 5.32 Å². The maximum Gasteiger partial charge on any atom is 0.0373 e. The van der Waals surface area contributed by atoms with Crippen molar-refractivity contribution in [1.82, 2.24) is 9.80 Å². The molecule has 1 fully saturated rings. The van der Waals surface area contributed by atoms with Gasteiger partial charge in [0.2, 0.25) is 0 Å². The molecule has 3 nitrogen and oxygen atoms in total. The summed E-state index contributed by atoms with van der Waals surface area (Å²) in [5, 5.41) is 3.65. The first-order valence-electron chi connectivity index (χ1n) is 7.96. The highest BCUT2D eigenvalue weighted by molar-refractivity contribution is 5.52. The molecule has 3 rings (SSSR count). The number of para-hydroxylation sites is 1. The van der Waals surface area contributed by atoms with E-state index in [1.807, 2.05) is 0 Å². The van der Waals surface area contributed by atoms with Crippen LogP contribution in [0.5, 0.6) is 0 Å². The van der Waals surface area contributed by atoms with Gasteiger partial charge >= 0.3 is 0 Å². The first kappa shape index (κ1) is 13.9. The SMILES string of the molecule is CN(C)C1CCN(C2CCc3ccccc3NC2)CC1. The highest BCUT2D eigenvalue weighted by Crippen LogP contribution is 2.25. The second-order valence-electron chi connectivity index (χ2n) is 6.46. The zero-order valence-corrected chi connectivity index (χ0v) is 12.8. The highest BCUT2D eigenvalue weighted by Gasteiger charge is 2.27. The van der Waals surface area contributed by atoms with Crippen LogP contribution in [0.25, 0.3) is 0 Å². The second kappa shape index (κ2) is 6.15. The van der Waals surface area contributed by atoms with Gasteiger partial charge in [0.25, 0.3) is 0 Å². The molecule has 0 amide bonds. The Morgan fingerprint density at radius 1 is 1.10 bits per heavy atom. The minimum Gasteiger partial charge on any atom is -0.383 e. The molecule has 1 atom stereocenters. The molecule has 110 valence electrons. The number of rotatable bonds is 2. The largest absolute Gasteiger partial charge is 0.383 e. The summed E-state index contributed by atoms with van der Waals surface area (Å²) in [5.41, 5.74) is 2.83. The molecular formula is C17H27N3. The van der Waals surface area contributed by atoms with E-state index in [0.29, 0.717) is 6.04 Å². The molecule has 0 aliphatic carbocycles.